The Bertz CT molecular complexity index is 1270. The number of hydrogen-bond acceptors (Lipinski definition) is 6. The van der Waals surface area contributed by atoms with E-state index < -0.39 is 5.97 Å². The number of rotatable bonds is 4. The van der Waals surface area contributed by atoms with Crippen molar-refractivity contribution in [1.29, 1.82) is 0 Å². The van der Waals surface area contributed by atoms with E-state index in [2.05, 4.69) is 6.58 Å². The fourth-order valence-corrected chi connectivity index (χ4v) is 4.18. The van der Waals surface area contributed by atoms with E-state index in [4.69, 9.17) is 19.2 Å². The van der Waals surface area contributed by atoms with E-state index in [1.165, 1.54) is 6.08 Å². The summed E-state index contributed by atoms with van der Waals surface area (Å²) in [7, 11) is 0. The number of carbonyl (C=O) groups excluding carboxylic acids is 2. The highest BCUT2D eigenvalue weighted by atomic mass is 16.7. The topological polar surface area (TPSA) is 78.0 Å². The Kier molecular flexibility index (Phi) is 5.01. The molecule has 7 heteroatoms. The van der Waals surface area contributed by atoms with Crippen molar-refractivity contribution < 1.29 is 23.8 Å². The first kappa shape index (κ1) is 20.1. The summed E-state index contributed by atoms with van der Waals surface area (Å²) in [6.45, 7) is 6.63. The molecule has 0 fully saturated rings. The molecule has 0 unspecified atom stereocenters. The van der Waals surface area contributed by atoms with Gasteiger partial charge in [0, 0.05) is 41.7 Å². The average molecular weight is 430 g/mol. The number of hydrogen-bond donors (Lipinski definition) is 0. The molecule has 2 aliphatic heterocycles. The number of amides is 1. The summed E-state index contributed by atoms with van der Waals surface area (Å²) in [5.74, 6) is 0.620. The zero-order chi connectivity index (χ0) is 22.2. The lowest BCUT2D eigenvalue weighted by molar-refractivity contribution is 0.0544. The van der Waals surface area contributed by atoms with E-state index >= 15 is 0 Å². The number of aromatic nitrogens is 1. The predicted molar refractivity (Wildman–Crippen MR) is 118 cm³/mol. The van der Waals surface area contributed by atoms with E-state index in [1.54, 1.807) is 23.1 Å². The van der Waals surface area contributed by atoms with Gasteiger partial charge in [0.15, 0.2) is 11.5 Å². The number of ether oxygens (including phenoxy) is 3. The molecule has 7 nitrogen and oxygen atoms in total. The van der Waals surface area contributed by atoms with Crippen molar-refractivity contribution in [3.05, 3.63) is 77.0 Å². The summed E-state index contributed by atoms with van der Waals surface area (Å²) < 4.78 is 16.1. The SMILES string of the molecule is C=CCOC(=O)c1c2c(nc3ccc(C)cc13)CCN(C(=O)c1ccc3c(c1)OCO3)C2. The van der Waals surface area contributed by atoms with Crippen molar-refractivity contribution in [3.8, 4) is 11.5 Å². The predicted octanol–water partition coefficient (Wildman–Crippen LogP) is 3.81. The molecule has 0 radical (unpaired) electrons. The average Bonchev–Trinajstić information content (AvgIpc) is 3.28. The minimum atomic E-state index is -0.434. The Labute approximate surface area is 185 Å². The molecule has 0 saturated heterocycles. The summed E-state index contributed by atoms with van der Waals surface area (Å²) in [6, 6.07) is 11.0. The van der Waals surface area contributed by atoms with Gasteiger partial charge in [0.2, 0.25) is 6.79 Å². The lowest BCUT2D eigenvalue weighted by Gasteiger charge is -2.30. The van der Waals surface area contributed by atoms with Crippen LogP contribution in [0, 0.1) is 6.92 Å². The Balaban J connectivity index is 1.54. The van der Waals surface area contributed by atoms with Gasteiger partial charge < -0.3 is 19.1 Å². The molecular formula is C25H22N2O5. The van der Waals surface area contributed by atoms with E-state index in [0.717, 1.165) is 27.7 Å². The largest absolute Gasteiger partial charge is 0.458 e. The second-order valence-electron chi connectivity index (χ2n) is 7.86. The molecule has 0 bridgehead atoms. The van der Waals surface area contributed by atoms with E-state index in [9.17, 15) is 9.59 Å². The third-order valence-electron chi connectivity index (χ3n) is 5.74. The molecule has 0 atom stereocenters. The number of pyridine rings is 1. The number of aryl methyl sites for hydroxylation is 1. The Morgan fingerprint density at radius 3 is 2.88 bits per heavy atom. The highest BCUT2D eigenvalue weighted by molar-refractivity contribution is 6.05. The second kappa shape index (κ2) is 8.00. The summed E-state index contributed by atoms with van der Waals surface area (Å²) in [5.41, 5.74) is 4.30. The standard InChI is InChI=1S/C25H22N2O5/c1-3-10-30-25(29)23-17-11-15(2)4-6-19(17)26-20-8-9-27(13-18(20)23)24(28)16-5-7-21-22(12-16)32-14-31-21/h3-7,11-12H,1,8-10,13-14H2,2H3. The van der Waals surface area contributed by atoms with Gasteiger partial charge in [0.1, 0.15) is 6.61 Å². The third kappa shape index (κ3) is 3.45. The molecule has 3 aromatic rings. The molecule has 0 spiro atoms. The van der Waals surface area contributed by atoms with Crippen molar-refractivity contribution in [3.63, 3.8) is 0 Å². The summed E-state index contributed by atoms with van der Waals surface area (Å²) >= 11 is 0. The molecule has 0 aliphatic carbocycles. The molecule has 2 aliphatic rings. The van der Waals surface area contributed by atoms with Crippen LogP contribution < -0.4 is 9.47 Å². The second-order valence-corrected chi connectivity index (χ2v) is 7.86. The van der Waals surface area contributed by atoms with Crippen LogP contribution in [0.2, 0.25) is 0 Å². The molecule has 1 amide bonds. The van der Waals surface area contributed by atoms with Crippen LogP contribution >= 0.6 is 0 Å². The van der Waals surface area contributed by atoms with Crippen LogP contribution in [-0.4, -0.2) is 41.7 Å². The molecule has 3 heterocycles. The van der Waals surface area contributed by atoms with Crippen molar-refractivity contribution in [2.45, 2.75) is 19.9 Å². The monoisotopic (exact) mass is 430 g/mol. The van der Waals surface area contributed by atoms with Gasteiger partial charge in [-0.25, -0.2) is 4.79 Å². The maximum absolute atomic E-state index is 13.3. The van der Waals surface area contributed by atoms with Crippen molar-refractivity contribution in [1.82, 2.24) is 9.88 Å². The number of benzene rings is 2. The van der Waals surface area contributed by atoms with Crippen LogP contribution in [0.25, 0.3) is 10.9 Å². The van der Waals surface area contributed by atoms with Crippen LogP contribution in [0.1, 0.15) is 37.5 Å². The van der Waals surface area contributed by atoms with Crippen molar-refractivity contribution >= 4 is 22.8 Å². The van der Waals surface area contributed by atoms with Gasteiger partial charge in [0.05, 0.1) is 11.1 Å². The first-order valence-corrected chi connectivity index (χ1v) is 10.4. The maximum Gasteiger partial charge on any atom is 0.339 e. The third-order valence-corrected chi connectivity index (χ3v) is 5.74. The van der Waals surface area contributed by atoms with Gasteiger partial charge in [-0.2, -0.15) is 0 Å². The quantitative estimate of drug-likeness (QED) is 0.463. The zero-order valence-electron chi connectivity index (χ0n) is 17.7. The molecule has 0 N–H and O–H groups in total. The minimum absolute atomic E-state index is 0.114. The van der Waals surface area contributed by atoms with E-state index in [1.807, 2.05) is 25.1 Å². The van der Waals surface area contributed by atoms with Gasteiger partial charge in [0.25, 0.3) is 5.91 Å². The molecule has 1 aromatic heterocycles. The highest BCUT2D eigenvalue weighted by Crippen LogP contribution is 2.34. The summed E-state index contributed by atoms with van der Waals surface area (Å²) in [6.07, 6.45) is 2.09. The van der Waals surface area contributed by atoms with Gasteiger partial charge in [-0.15, -0.1) is 0 Å². The smallest absolute Gasteiger partial charge is 0.339 e. The molecule has 5 rings (SSSR count). The molecular weight excluding hydrogens is 408 g/mol. The summed E-state index contributed by atoms with van der Waals surface area (Å²) in [4.78, 5) is 32.8. The van der Waals surface area contributed by atoms with Crippen molar-refractivity contribution in [2.24, 2.45) is 0 Å². The molecule has 32 heavy (non-hydrogen) atoms. The number of carbonyl (C=O) groups is 2. The van der Waals surface area contributed by atoms with Gasteiger partial charge in [-0.1, -0.05) is 24.3 Å². The first-order valence-electron chi connectivity index (χ1n) is 10.4. The minimum Gasteiger partial charge on any atom is -0.458 e. The van der Waals surface area contributed by atoms with E-state index in [0.29, 0.717) is 35.6 Å². The van der Waals surface area contributed by atoms with Crippen LogP contribution in [0.3, 0.4) is 0 Å². The van der Waals surface area contributed by atoms with Crippen LogP contribution in [0.4, 0.5) is 0 Å². The molecule has 162 valence electrons. The van der Waals surface area contributed by atoms with E-state index in [-0.39, 0.29) is 25.9 Å². The van der Waals surface area contributed by atoms with Gasteiger partial charge >= 0.3 is 5.97 Å². The van der Waals surface area contributed by atoms with Crippen LogP contribution in [0.15, 0.2) is 49.1 Å². The van der Waals surface area contributed by atoms with Crippen molar-refractivity contribution in [2.75, 3.05) is 19.9 Å². The fraction of sp³-hybridized carbons (Fsp3) is 0.240. The van der Waals surface area contributed by atoms with Gasteiger partial charge in [-0.05, 0) is 37.3 Å². The Hall–Kier alpha value is -3.87. The van der Waals surface area contributed by atoms with Gasteiger partial charge in [-0.3, -0.25) is 9.78 Å². The maximum atomic E-state index is 13.3. The molecule has 0 saturated carbocycles. The summed E-state index contributed by atoms with van der Waals surface area (Å²) in [5, 5.41) is 0.732. The number of esters is 1. The zero-order valence-corrected chi connectivity index (χ0v) is 17.7. The highest BCUT2D eigenvalue weighted by Gasteiger charge is 2.30. The molecule has 2 aromatic carbocycles. The van der Waals surface area contributed by atoms with Crippen LogP contribution in [-0.2, 0) is 17.7 Å². The Morgan fingerprint density at radius 1 is 1.19 bits per heavy atom. The first-order chi connectivity index (χ1) is 15.5. The van der Waals surface area contributed by atoms with Crippen LogP contribution in [0.5, 0.6) is 11.5 Å². The fourth-order valence-electron chi connectivity index (χ4n) is 4.18. The lowest BCUT2D eigenvalue weighted by Crippen LogP contribution is -2.37. The Morgan fingerprint density at radius 2 is 2.03 bits per heavy atom. The normalized spacial score (nSPS) is 14.2. The lowest BCUT2D eigenvalue weighted by atomic mass is 9.94. The number of fused-ring (bicyclic) bond motifs is 3. The number of nitrogens with zero attached hydrogens (tertiary/aromatic N) is 2.